The molecule has 1 aliphatic heterocycles. The number of nitrogens with zero attached hydrogens (tertiary/aromatic N) is 1. The van der Waals surface area contributed by atoms with Crippen LogP contribution in [0.25, 0.3) is 0 Å². The van der Waals surface area contributed by atoms with Crippen LogP contribution in [0.3, 0.4) is 0 Å². The Morgan fingerprint density at radius 2 is 2.05 bits per heavy atom. The first-order valence-corrected chi connectivity index (χ1v) is 8.04. The number of rotatable bonds is 7. The minimum atomic E-state index is -0.0845. The van der Waals surface area contributed by atoms with Gasteiger partial charge in [-0.15, -0.1) is 19.0 Å². The number of piperazine rings is 1. The van der Waals surface area contributed by atoms with Crippen molar-refractivity contribution in [3.63, 3.8) is 0 Å². The summed E-state index contributed by atoms with van der Waals surface area (Å²) in [7, 11) is 0. The molecule has 2 nitrogen and oxygen atoms in total. The summed E-state index contributed by atoms with van der Waals surface area (Å²) in [5, 5.41) is 3.39. The summed E-state index contributed by atoms with van der Waals surface area (Å²) in [5.74, 6) is -0.0845. The third-order valence-electron chi connectivity index (χ3n) is 4.31. The van der Waals surface area contributed by atoms with Crippen LogP contribution in [-0.2, 0) is 0 Å². The first-order valence-electron chi connectivity index (χ1n) is 8.04. The first kappa shape index (κ1) is 19.1. The van der Waals surface area contributed by atoms with Crippen molar-refractivity contribution >= 4 is 12.4 Å². The second-order valence-electron chi connectivity index (χ2n) is 5.88. The fraction of sp³-hybridized carbons (Fsp3) is 0.556. The van der Waals surface area contributed by atoms with Crippen LogP contribution in [0, 0.1) is 12.7 Å². The van der Waals surface area contributed by atoms with Crippen LogP contribution in [0.1, 0.15) is 42.9 Å². The van der Waals surface area contributed by atoms with Crippen molar-refractivity contribution in [3.05, 3.63) is 47.8 Å². The predicted octanol–water partition coefficient (Wildman–Crippen LogP) is 4.25. The highest BCUT2D eigenvalue weighted by Gasteiger charge is 2.22. The number of nitrogens with one attached hydrogen (secondary N) is 1. The minimum Gasteiger partial charge on any atom is -0.314 e. The largest absolute Gasteiger partial charge is 0.314 e. The average Bonchev–Trinajstić information content (AvgIpc) is 2.51. The Morgan fingerprint density at radius 3 is 2.68 bits per heavy atom. The molecule has 0 unspecified atom stereocenters. The van der Waals surface area contributed by atoms with Crippen molar-refractivity contribution in [2.24, 2.45) is 0 Å². The number of aryl methyl sites for hydroxylation is 1. The average molecular weight is 327 g/mol. The number of unbranched alkanes of at least 4 members (excludes halogenated alkanes) is 2. The molecule has 1 fully saturated rings. The van der Waals surface area contributed by atoms with Crippen molar-refractivity contribution in [3.8, 4) is 0 Å². The number of allylic oxidation sites excluding steroid dienone is 1. The Bertz CT molecular complexity index is 458. The fourth-order valence-corrected chi connectivity index (χ4v) is 3.00. The highest BCUT2D eigenvalue weighted by Crippen LogP contribution is 2.28. The number of benzene rings is 1. The summed E-state index contributed by atoms with van der Waals surface area (Å²) in [6.45, 7) is 9.74. The lowest BCUT2D eigenvalue weighted by Crippen LogP contribution is -2.45. The van der Waals surface area contributed by atoms with Gasteiger partial charge in [0.25, 0.3) is 0 Å². The Kier molecular flexibility index (Phi) is 8.69. The maximum absolute atomic E-state index is 13.9. The van der Waals surface area contributed by atoms with Crippen molar-refractivity contribution in [2.75, 3.05) is 26.2 Å². The second-order valence-corrected chi connectivity index (χ2v) is 5.88. The quantitative estimate of drug-likeness (QED) is 0.595. The zero-order valence-electron chi connectivity index (χ0n) is 13.5. The first-order chi connectivity index (χ1) is 10.2. The molecule has 0 amide bonds. The molecule has 1 saturated heterocycles. The lowest BCUT2D eigenvalue weighted by Gasteiger charge is -2.35. The summed E-state index contributed by atoms with van der Waals surface area (Å²) in [6, 6.07) is 6.07. The van der Waals surface area contributed by atoms with E-state index in [0.717, 1.165) is 56.6 Å². The standard InChI is InChI=1S/C18H27FN2.ClH/c1-3-4-5-6-7-18(21-12-10-20-11-13-21)16-9-8-15(2)17(19)14-16;/h3,8-9,14,18,20H,1,4-7,10-13H2,2H3;1H/t18-;/m0./s1. The van der Waals surface area contributed by atoms with Crippen LogP contribution in [0.4, 0.5) is 4.39 Å². The van der Waals surface area contributed by atoms with Gasteiger partial charge < -0.3 is 5.32 Å². The maximum atomic E-state index is 13.9. The van der Waals surface area contributed by atoms with Gasteiger partial charge in [0, 0.05) is 32.2 Å². The molecule has 0 aliphatic carbocycles. The molecule has 0 aromatic heterocycles. The van der Waals surface area contributed by atoms with Crippen LogP contribution in [-0.4, -0.2) is 31.1 Å². The lowest BCUT2D eigenvalue weighted by atomic mass is 9.97. The van der Waals surface area contributed by atoms with Gasteiger partial charge in [0.1, 0.15) is 5.82 Å². The molecule has 1 atom stereocenters. The molecule has 1 aromatic rings. The molecule has 4 heteroatoms. The SMILES string of the molecule is C=CCCCC[C@@H](c1ccc(C)c(F)c1)N1CCNCC1.Cl. The van der Waals surface area contributed by atoms with E-state index in [1.54, 1.807) is 6.07 Å². The molecule has 1 aromatic carbocycles. The van der Waals surface area contributed by atoms with Crippen LogP contribution in [0.5, 0.6) is 0 Å². The van der Waals surface area contributed by atoms with Crippen LogP contribution in [0.15, 0.2) is 30.9 Å². The monoisotopic (exact) mass is 326 g/mol. The lowest BCUT2D eigenvalue weighted by molar-refractivity contribution is 0.162. The molecule has 124 valence electrons. The van der Waals surface area contributed by atoms with E-state index in [1.807, 2.05) is 19.1 Å². The number of halogens is 2. The van der Waals surface area contributed by atoms with Gasteiger partial charge in [-0.3, -0.25) is 4.90 Å². The molecule has 1 N–H and O–H groups in total. The van der Waals surface area contributed by atoms with Gasteiger partial charge >= 0.3 is 0 Å². The Morgan fingerprint density at radius 1 is 1.32 bits per heavy atom. The molecule has 0 radical (unpaired) electrons. The third-order valence-corrected chi connectivity index (χ3v) is 4.31. The normalized spacial score (nSPS) is 16.8. The maximum Gasteiger partial charge on any atom is 0.126 e. The van der Waals surface area contributed by atoms with Crippen molar-refractivity contribution in [1.29, 1.82) is 0 Å². The van der Waals surface area contributed by atoms with Crippen molar-refractivity contribution in [2.45, 2.75) is 38.6 Å². The minimum absolute atomic E-state index is 0. The smallest absolute Gasteiger partial charge is 0.126 e. The molecule has 22 heavy (non-hydrogen) atoms. The molecular weight excluding hydrogens is 299 g/mol. The molecule has 0 spiro atoms. The fourth-order valence-electron chi connectivity index (χ4n) is 3.00. The van der Waals surface area contributed by atoms with Gasteiger partial charge in [-0.1, -0.05) is 24.6 Å². The van der Waals surface area contributed by atoms with Gasteiger partial charge in [0.15, 0.2) is 0 Å². The van der Waals surface area contributed by atoms with Gasteiger partial charge in [-0.2, -0.15) is 0 Å². The van der Waals surface area contributed by atoms with Gasteiger partial charge in [-0.05, 0) is 43.4 Å². The van der Waals surface area contributed by atoms with Crippen LogP contribution < -0.4 is 5.32 Å². The summed E-state index contributed by atoms with van der Waals surface area (Å²) >= 11 is 0. The van der Waals surface area contributed by atoms with Gasteiger partial charge in [0.05, 0.1) is 0 Å². The molecule has 2 rings (SSSR count). The predicted molar refractivity (Wildman–Crippen MR) is 94.2 cm³/mol. The Balaban J connectivity index is 0.00000242. The van der Waals surface area contributed by atoms with E-state index in [1.165, 1.54) is 6.42 Å². The van der Waals surface area contributed by atoms with E-state index in [9.17, 15) is 4.39 Å². The van der Waals surface area contributed by atoms with E-state index < -0.39 is 0 Å². The zero-order valence-corrected chi connectivity index (χ0v) is 14.3. The Hall–Kier alpha value is -0.900. The van der Waals surface area contributed by atoms with Crippen LogP contribution >= 0.6 is 12.4 Å². The van der Waals surface area contributed by atoms with Crippen molar-refractivity contribution < 1.29 is 4.39 Å². The summed E-state index contributed by atoms with van der Waals surface area (Å²) < 4.78 is 13.9. The zero-order chi connectivity index (χ0) is 15.1. The molecule has 0 saturated carbocycles. The second kappa shape index (κ2) is 9.98. The van der Waals surface area contributed by atoms with Gasteiger partial charge in [-0.25, -0.2) is 4.39 Å². The summed E-state index contributed by atoms with van der Waals surface area (Å²) in [5.41, 5.74) is 1.85. The summed E-state index contributed by atoms with van der Waals surface area (Å²) in [6.07, 6.45) is 6.47. The van der Waals surface area contributed by atoms with E-state index in [2.05, 4.69) is 22.9 Å². The van der Waals surface area contributed by atoms with Crippen molar-refractivity contribution in [1.82, 2.24) is 10.2 Å². The molecule has 1 heterocycles. The van der Waals surface area contributed by atoms with E-state index >= 15 is 0 Å². The van der Waals surface area contributed by atoms with E-state index in [4.69, 9.17) is 0 Å². The van der Waals surface area contributed by atoms with Crippen LogP contribution in [0.2, 0.25) is 0 Å². The number of hydrogen-bond acceptors (Lipinski definition) is 2. The Labute approximate surface area is 140 Å². The highest BCUT2D eigenvalue weighted by molar-refractivity contribution is 5.85. The highest BCUT2D eigenvalue weighted by atomic mass is 35.5. The van der Waals surface area contributed by atoms with E-state index in [0.29, 0.717) is 6.04 Å². The molecule has 1 aliphatic rings. The molecular formula is C18H28ClFN2. The van der Waals surface area contributed by atoms with E-state index in [-0.39, 0.29) is 18.2 Å². The number of hydrogen-bond donors (Lipinski definition) is 1. The topological polar surface area (TPSA) is 15.3 Å². The van der Waals surface area contributed by atoms with Gasteiger partial charge in [0.2, 0.25) is 0 Å². The third kappa shape index (κ3) is 5.38. The molecule has 0 bridgehead atoms. The summed E-state index contributed by atoms with van der Waals surface area (Å²) in [4.78, 5) is 2.49.